The lowest BCUT2D eigenvalue weighted by Gasteiger charge is -2.55. The number of hydrogen-bond acceptors (Lipinski definition) is 2. The summed E-state index contributed by atoms with van der Waals surface area (Å²) in [6, 6.07) is 0. The van der Waals surface area contributed by atoms with Gasteiger partial charge in [0.15, 0.2) is 0 Å². The average Bonchev–Trinajstić information content (AvgIpc) is 2.92. The molecule has 2 nitrogen and oxygen atoms in total. The molecule has 2 heteroatoms. The largest absolute Gasteiger partial charge is 0.393 e. The zero-order valence-electron chi connectivity index (χ0n) is 14.8. The van der Waals surface area contributed by atoms with Crippen molar-refractivity contribution in [2.75, 3.05) is 0 Å². The van der Waals surface area contributed by atoms with E-state index in [1.54, 1.807) is 0 Å². The molecule has 5 aliphatic rings. The van der Waals surface area contributed by atoms with Gasteiger partial charge in [-0.05, 0) is 72.8 Å². The van der Waals surface area contributed by atoms with E-state index >= 15 is 0 Å². The van der Waals surface area contributed by atoms with Crippen LogP contribution in [0.3, 0.4) is 0 Å². The number of aliphatic hydroxyl groups is 1. The van der Waals surface area contributed by atoms with Crippen LogP contribution < -0.4 is 0 Å². The molecule has 5 atom stereocenters. The van der Waals surface area contributed by atoms with Crippen LogP contribution in [0.2, 0.25) is 0 Å². The molecule has 1 saturated heterocycles. The lowest BCUT2D eigenvalue weighted by molar-refractivity contribution is -0.151. The maximum Gasteiger partial charge on any atom is 0.0974 e. The molecule has 0 unspecified atom stereocenters. The van der Waals surface area contributed by atoms with Crippen LogP contribution in [-0.4, -0.2) is 22.4 Å². The summed E-state index contributed by atoms with van der Waals surface area (Å²) in [6.07, 6.45) is 13.6. The van der Waals surface area contributed by atoms with Gasteiger partial charge in [0.25, 0.3) is 0 Å². The molecule has 126 valence electrons. The summed E-state index contributed by atoms with van der Waals surface area (Å²) in [6.45, 7) is 7.43. The highest BCUT2D eigenvalue weighted by Gasteiger charge is 2.67. The van der Waals surface area contributed by atoms with Crippen LogP contribution in [0, 0.1) is 16.7 Å². The minimum Gasteiger partial charge on any atom is -0.393 e. The molecular formula is C21H30O2. The maximum atomic E-state index is 10.3. The zero-order valence-corrected chi connectivity index (χ0v) is 14.8. The summed E-state index contributed by atoms with van der Waals surface area (Å²) in [5.41, 5.74) is 3.51. The van der Waals surface area contributed by atoms with Crippen molar-refractivity contribution in [3.8, 4) is 0 Å². The van der Waals surface area contributed by atoms with Gasteiger partial charge in [0, 0.05) is 6.42 Å². The number of hydrogen-bond donors (Lipinski definition) is 1. The van der Waals surface area contributed by atoms with Crippen LogP contribution in [0.4, 0.5) is 0 Å². The van der Waals surface area contributed by atoms with Crippen molar-refractivity contribution in [2.24, 2.45) is 16.7 Å². The van der Waals surface area contributed by atoms with Crippen LogP contribution >= 0.6 is 0 Å². The Morgan fingerprint density at radius 2 is 1.96 bits per heavy atom. The summed E-state index contributed by atoms with van der Waals surface area (Å²) >= 11 is 0. The monoisotopic (exact) mass is 314 g/mol. The standard InChI is InChI=1S/C21H30O2/c1-18(2)8-7-17-19(18,3)9-6-15-12-14-4-5-16(22)13-20(14)10-11-21(15,17)23-20/h6,12,16-17,22H,4-5,7-11,13H2,1-3H3/t16-,17+,19-,20+,21+/m0/s1. The van der Waals surface area contributed by atoms with Crippen LogP contribution in [0.15, 0.2) is 23.3 Å². The van der Waals surface area contributed by atoms with E-state index in [2.05, 4.69) is 32.9 Å². The van der Waals surface area contributed by atoms with E-state index in [9.17, 15) is 5.11 Å². The fourth-order valence-electron chi connectivity index (χ4n) is 6.84. The van der Waals surface area contributed by atoms with Crippen molar-refractivity contribution in [2.45, 2.75) is 89.4 Å². The number of aliphatic hydroxyl groups excluding tert-OH is 1. The van der Waals surface area contributed by atoms with E-state index in [1.807, 2.05) is 0 Å². The Bertz CT molecular complexity index is 630. The predicted molar refractivity (Wildman–Crippen MR) is 91.0 cm³/mol. The van der Waals surface area contributed by atoms with Crippen LogP contribution in [0.5, 0.6) is 0 Å². The number of fused-ring (bicyclic) bond motifs is 1. The Hall–Kier alpha value is -0.600. The van der Waals surface area contributed by atoms with Gasteiger partial charge in [0.05, 0.1) is 17.3 Å². The smallest absolute Gasteiger partial charge is 0.0974 e. The van der Waals surface area contributed by atoms with Crippen LogP contribution in [0.1, 0.15) is 72.1 Å². The van der Waals surface area contributed by atoms with Gasteiger partial charge >= 0.3 is 0 Å². The fraction of sp³-hybridized carbons (Fsp3) is 0.810. The molecule has 1 N–H and O–H groups in total. The van der Waals surface area contributed by atoms with Crippen molar-refractivity contribution in [1.29, 1.82) is 0 Å². The molecule has 0 aromatic rings. The van der Waals surface area contributed by atoms with Gasteiger partial charge in [-0.3, -0.25) is 0 Å². The van der Waals surface area contributed by atoms with Crippen molar-refractivity contribution >= 4 is 0 Å². The Kier molecular flexibility index (Phi) is 2.65. The second-order valence-corrected chi connectivity index (χ2v) is 9.81. The third-order valence-corrected chi connectivity index (χ3v) is 8.68. The zero-order chi connectivity index (χ0) is 16.1. The number of allylic oxidation sites excluding steroid dienone is 1. The Morgan fingerprint density at radius 3 is 2.78 bits per heavy atom. The van der Waals surface area contributed by atoms with Gasteiger partial charge in [-0.1, -0.05) is 32.9 Å². The molecule has 23 heavy (non-hydrogen) atoms. The summed E-state index contributed by atoms with van der Waals surface area (Å²) in [5, 5.41) is 10.3. The summed E-state index contributed by atoms with van der Waals surface area (Å²) in [5.74, 6) is 0.640. The maximum absolute atomic E-state index is 10.3. The van der Waals surface area contributed by atoms with Crippen LogP contribution in [-0.2, 0) is 4.74 Å². The van der Waals surface area contributed by atoms with Gasteiger partial charge < -0.3 is 9.84 Å². The average molecular weight is 314 g/mol. The summed E-state index contributed by atoms with van der Waals surface area (Å²) in [4.78, 5) is 0. The van der Waals surface area contributed by atoms with E-state index < -0.39 is 0 Å². The first-order chi connectivity index (χ1) is 10.8. The van der Waals surface area contributed by atoms with Crippen molar-refractivity contribution < 1.29 is 9.84 Å². The highest BCUT2D eigenvalue weighted by Crippen LogP contribution is 2.70. The van der Waals surface area contributed by atoms with Gasteiger partial charge in [-0.15, -0.1) is 0 Å². The first-order valence-electron chi connectivity index (χ1n) is 9.61. The van der Waals surface area contributed by atoms with Gasteiger partial charge in [0.2, 0.25) is 0 Å². The molecule has 0 aromatic heterocycles. The summed E-state index contributed by atoms with van der Waals surface area (Å²) in [7, 11) is 0. The topological polar surface area (TPSA) is 29.5 Å². The normalized spacial score (nSPS) is 53.0. The van der Waals surface area contributed by atoms with Gasteiger partial charge in [-0.2, -0.15) is 0 Å². The Balaban J connectivity index is 1.65. The molecule has 2 spiro atoms. The van der Waals surface area contributed by atoms with E-state index in [0.717, 1.165) is 32.1 Å². The fourth-order valence-corrected chi connectivity index (χ4v) is 6.84. The molecule has 0 amide bonds. The van der Waals surface area contributed by atoms with E-state index in [4.69, 9.17) is 4.74 Å². The van der Waals surface area contributed by atoms with Crippen molar-refractivity contribution in [3.63, 3.8) is 0 Å². The van der Waals surface area contributed by atoms with E-state index in [0.29, 0.717) is 16.7 Å². The molecule has 3 aliphatic carbocycles. The third kappa shape index (κ3) is 1.58. The highest BCUT2D eigenvalue weighted by atomic mass is 16.5. The summed E-state index contributed by atoms with van der Waals surface area (Å²) < 4.78 is 7.03. The molecule has 5 rings (SSSR count). The minimum absolute atomic E-state index is 0.0542. The van der Waals surface area contributed by atoms with Gasteiger partial charge in [0.1, 0.15) is 0 Å². The quantitative estimate of drug-likeness (QED) is 0.711. The molecule has 0 aromatic carbocycles. The second kappa shape index (κ2) is 4.14. The van der Waals surface area contributed by atoms with Crippen molar-refractivity contribution in [3.05, 3.63) is 23.3 Å². The molecular weight excluding hydrogens is 284 g/mol. The predicted octanol–water partition coefficient (Wildman–Crippen LogP) is 4.53. The Labute approximate surface area is 140 Å². The SMILES string of the molecule is CC1(C)CC[C@@H]2[C@]1(C)CC=C1C=C3CC[C@H](O)C[C@]34CC[C@@]12O4. The lowest BCUT2D eigenvalue weighted by Crippen LogP contribution is -2.55. The molecule has 3 fully saturated rings. The molecule has 2 heterocycles. The number of rotatable bonds is 0. The lowest BCUT2D eigenvalue weighted by atomic mass is 9.55. The molecule has 2 saturated carbocycles. The molecule has 0 radical (unpaired) electrons. The minimum atomic E-state index is -0.178. The first-order valence-corrected chi connectivity index (χ1v) is 9.61. The molecule has 2 bridgehead atoms. The van der Waals surface area contributed by atoms with Crippen LogP contribution in [0.25, 0.3) is 0 Å². The van der Waals surface area contributed by atoms with E-state index in [-0.39, 0.29) is 17.3 Å². The van der Waals surface area contributed by atoms with E-state index in [1.165, 1.54) is 30.4 Å². The Morgan fingerprint density at radius 1 is 1.13 bits per heavy atom. The third-order valence-electron chi connectivity index (χ3n) is 8.68. The van der Waals surface area contributed by atoms with Crippen molar-refractivity contribution in [1.82, 2.24) is 0 Å². The molecule has 2 aliphatic heterocycles. The first kappa shape index (κ1) is 14.7. The van der Waals surface area contributed by atoms with Gasteiger partial charge in [-0.25, -0.2) is 0 Å². The number of ether oxygens (including phenoxy) is 1. The second-order valence-electron chi connectivity index (χ2n) is 9.81. The highest BCUT2D eigenvalue weighted by molar-refractivity contribution is 5.47.